The van der Waals surface area contributed by atoms with E-state index < -0.39 is 0 Å². The highest BCUT2D eigenvalue weighted by atomic mass is 16.5. The Morgan fingerprint density at radius 2 is 2.24 bits per heavy atom. The first-order chi connectivity index (χ1) is 10.3. The minimum Gasteiger partial charge on any atom is -0.464 e. The quantitative estimate of drug-likeness (QED) is 0.689. The molecule has 0 radical (unpaired) electrons. The molecular weight excluding hydrogens is 268 g/mol. The number of nitrogens with zero attached hydrogens (tertiary/aromatic N) is 2. The van der Waals surface area contributed by atoms with E-state index in [1.165, 1.54) is 0 Å². The maximum absolute atomic E-state index is 12.1. The summed E-state index contributed by atoms with van der Waals surface area (Å²) in [5.74, 6) is 0.253. The first kappa shape index (κ1) is 13.2. The lowest BCUT2D eigenvalue weighted by Crippen LogP contribution is -2.07. The molecule has 2 heterocycles. The summed E-state index contributed by atoms with van der Waals surface area (Å²) in [4.78, 5) is 12.1. The van der Waals surface area contributed by atoms with Gasteiger partial charge in [0.1, 0.15) is 5.76 Å². The third-order valence-electron chi connectivity index (χ3n) is 3.05. The number of aromatic nitrogens is 2. The number of hydrogen-bond donors (Lipinski definition) is 0. The van der Waals surface area contributed by atoms with E-state index in [0.29, 0.717) is 23.5 Å². The summed E-state index contributed by atoms with van der Waals surface area (Å²) in [7, 11) is 0. The Hall–Kier alpha value is -2.82. The molecule has 0 saturated carbocycles. The van der Waals surface area contributed by atoms with Crippen molar-refractivity contribution in [2.75, 3.05) is 6.61 Å². The molecule has 0 unspecified atom stereocenters. The molecule has 1 aromatic carbocycles. The molecule has 0 saturated heterocycles. The molecule has 0 amide bonds. The zero-order chi connectivity index (χ0) is 14.7. The molecule has 0 aliphatic rings. The van der Waals surface area contributed by atoms with Gasteiger partial charge in [0.05, 0.1) is 24.1 Å². The number of carbonyl (C=O) groups excluding carboxylic acids is 1. The minimum atomic E-state index is -0.365. The fraction of sp³-hybridized carbons (Fsp3) is 0.125. The van der Waals surface area contributed by atoms with Gasteiger partial charge < -0.3 is 9.15 Å². The maximum atomic E-state index is 12.1. The number of rotatable bonds is 4. The predicted molar refractivity (Wildman–Crippen MR) is 77.2 cm³/mol. The SMILES string of the molecule is CCOC(=O)c1ccc(-n2cccn2)cc1-c1ccco1. The summed E-state index contributed by atoms with van der Waals surface area (Å²) < 4.78 is 12.2. The molecule has 0 aliphatic heterocycles. The summed E-state index contributed by atoms with van der Waals surface area (Å²) in [6.07, 6.45) is 5.11. The number of benzene rings is 1. The Morgan fingerprint density at radius 1 is 1.33 bits per heavy atom. The fourth-order valence-corrected chi connectivity index (χ4v) is 2.12. The second-order valence-electron chi connectivity index (χ2n) is 4.38. The van der Waals surface area contributed by atoms with E-state index in [0.717, 1.165) is 5.69 Å². The van der Waals surface area contributed by atoms with E-state index in [9.17, 15) is 4.79 Å². The van der Waals surface area contributed by atoms with Crippen LogP contribution in [0.5, 0.6) is 0 Å². The van der Waals surface area contributed by atoms with E-state index in [4.69, 9.17) is 9.15 Å². The topological polar surface area (TPSA) is 57.3 Å². The lowest BCUT2D eigenvalue weighted by molar-refractivity contribution is 0.0527. The molecule has 0 fully saturated rings. The molecule has 5 nitrogen and oxygen atoms in total. The summed E-state index contributed by atoms with van der Waals surface area (Å²) in [5.41, 5.74) is 2.01. The van der Waals surface area contributed by atoms with Crippen molar-refractivity contribution in [3.05, 3.63) is 60.6 Å². The van der Waals surface area contributed by atoms with Crippen LogP contribution in [0.3, 0.4) is 0 Å². The molecule has 0 atom stereocenters. The van der Waals surface area contributed by atoms with Crippen molar-refractivity contribution in [3.63, 3.8) is 0 Å². The van der Waals surface area contributed by atoms with Crippen molar-refractivity contribution >= 4 is 5.97 Å². The molecule has 0 aliphatic carbocycles. The monoisotopic (exact) mass is 282 g/mol. The maximum Gasteiger partial charge on any atom is 0.338 e. The van der Waals surface area contributed by atoms with Crippen LogP contribution in [-0.2, 0) is 4.74 Å². The molecule has 0 N–H and O–H groups in total. The Morgan fingerprint density at radius 3 is 2.90 bits per heavy atom. The van der Waals surface area contributed by atoms with Crippen molar-refractivity contribution in [1.29, 1.82) is 0 Å². The first-order valence-electron chi connectivity index (χ1n) is 6.64. The summed E-state index contributed by atoms with van der Waals surface area (Å²) in [5, 5.41) is 4.19. The average molecular weight is 282 g/mol. The highest BCUT2D eigenvalue weighted by Crippen LogP contribution is 2.27. The van der Waals surface area contributed by atoms with E-state index in [2.05, 4.69) is 5.10 Å². The predicted octanol–water partition coefficient (Wildman–Crippen LogP) is 3.31. The van der Waals surface area contributed by atoms with Crippen LogP contribution in [0, 0.1) is 0 Å². The molecule has 0 spiro atoms. The van der Waals surface area contributed by atoms with E-state index in [1.54, 1.807) is 36.2 Å². The highest BCUT2D eigenvalue weighted by Gasteiger charge is 2.16. The van der Waals surface area contributed by atoms with Gasteiger partial charge in [-0.3, -0.25) is 0 Å². The molecule has 0 bridgehead atoms. The van der Waals surface area contributed by atoms with E-state index >= 15 is 0 Å². The third kappa shape index (κ3) is 2.58. The van der Waals surface area contributed by atoms with Crippen molar-refractivity contribution < 1.29 is 13.9 Å². The second kappa shape index (κ2) is 5.66. The molecule has 3 rings (SSSR count). The molecule has 21 heavy (non-hydrogen) atoms. The van der Waals surface area contributed by atoms with Gasteiger partial charge in [-0.25, -0.2) is 9.48 Å². The average Bonchev–Trinajstić information content (AvgIpc) is 3.20. The Kier molecular flexibility index (Phi) is 3.55. The first-order valence-corrected chi connectivity index (χ1v) is 6.64. The highest BCUT2D eigenvalue weighted by molar-refractivity contribution is 5.97. The van der Waals surface area contributed by atoms with Gasteiger partial charge in [-0.2, -0.15) is 5.10 Å². The molecule has 106 valence electrons. The van der Waals surface area contributed by atoms with Gasteiger partial charge in [-0.15, -0.1) is 0 Å². The van der Waals surface area contributed by atoms with Gasteiger partial charge in [-0.05, 0) is 43.3 Å². The smallest absolute Gasteiger partial charge is 0.338 e. The third-order valence-corrected chi connectivity index (χ3v) is 3.05. The van der Waals surface area contributed by atoms with E-state index in [1.807, 2.05) is 30.5 Å². The van der Waals surface area contributed by atoms with Gasteiger partial charge in [0.15, 0.2) is 0 Å². The lowest BCUT2D eigenvalue weighted by atomic mass is 10.0. The Bertz CT molecular complexity index is 731. The van der Waals surface area contributed by atoms with Crippen molar-refractivity contribution in [3.8, 4) is 17.0 Å². The van der Waals surface area contributed by atoms with Crippen LogP contribution >= 0.6 is 0 Å². The zero-order valence-electron chi connectivity index (χ0n) is 11.5. The standard InChI is InChI=1S/C16H14N2O3/c1-2-20-16(19)13-7-6-12(18-9-4-8-17-18)11-14(13)15-5-3-10-21-15/h3-11H,2H2,1H3. The van der Waals surface area contributed by atoms with Crippen LogP contribution in [0.4, 0.5) is 0 Å². The number of ether oxygens (including phenoxy) is 1. The van der Waals surface area contributed by atoms with Gasteiger partial charge in [0, 0.05) is 18.0 Å². The zero-order valence-corrected chi connectivity index (χ0v) is 11.5. The van der Waals surface area contributed by atoms with Crippen molar-refractivity contribution in [2.45, 2.75) is 6.92 Å². The number of esters is 1. The van der Waals surface area contributed by atoms with Gasteiger partial charge >= 0.3 is 5.97 Å². The van der Waals surface area contributed by atoms with Crippen LogP contribution in [0.2, 0.25) is 0 Å². The van der Waals surface area contributed by atoms with Gasteiger partial charge in [-0.1, -0.05) is 0 Å². The normalized spacial score (nSPS) is 10.5. The van der Waals surface area contributed by atoms with Crippen molar-refractivity contribution in [2.24, 2.45) is 0 Å². The summed E-state index contributed by atoms with van der Waals surface area (Å²) in [6.45, 7) is 2.11. The van der Waals surface area contributed by atoms with Crippen LogP contribution in [0.1, 0.15) is 17.3 Å². The number of furan rings is 1. The molecule has 2 aromatic heterocycles. The van der Waals surface area contributed by atoms with Gasteiger partial charge in [0.25, 0.3) is 0 Å². The lowest BCUT2D eigenvalue weighted by Gasteiger charge is -2.09. The van der Waals surface area contributed by atoms with Crippen LogP contribution in [-0.4, -0.2) is 22.4 Å². The molecule has 3 aromatic rings. The molecular formula is C16H14N2O3. The largest absolute Gasteiger partial charge is 0.464 e. The number of carbonyl (C=O) groups is 1. The Labute approximate surface area is 121 Å². The Balaban J connectivity index is 2.11. The summed E-state index contributed by atoms with van der Waals surface area (Å²) >= 11 is 0. The van der Waals surface area contributed by atoms with Crippen LogP contribution in [0.15, 0.2) is 59.5 Å². The fourth-order valence-electron chi connectivity index (χ4n) is 2.12. The van der Waals surface area contributed by atoms with Crippen LogP contribution < -0.4 is 0 Å². The van der Waals surface area contributed by atoms with Crippen molar-refractivity contribution in [1.82, 2.24) is 9.78 Å². The van der Waals surface area contributed by atoms with Gasteiger partial charge in [0.2, 0.25) is 0 Å². The summed E-state index contributed by atoms with van der Waals surface area (Å²) in [6, 6.07) is 10.8. The molecule has 5 heteroatoms. The second-order valence-corrected chi connectivity index (χ2v) is 4.38. The van der Waals surface area contributed by atoms with E-state index in [-0.39, 0.29) is 5.97 Å². The minimum absolute atomic E-state index is 0.331. The number of hydrogen-bond acceptors (Lipinski definition) is 4. The van der Waals surface area contributed by atoms with Crippen LogP contribution in [0.25, 0.3) is 17.0 Å².